The fourth-order valence-corrected chi connectivity index (χ4v) is 3.62. The molecule has 2 bridgehead atoms. The van der Waals surface area contributed by atoms with E-state index in [-0.39, 0.29) is 17.3 Å². The minimum atomic E-state index is -0.828. The van der Waals surface area contributed by atoms with Gasteiger partial charge in [-0.25, -0.2) is 0 Å². The lowest BCUT2D eigenvalue weighted by Crippen LogP contribution is -2.35. The van der Waals surface area contributed by atoms with Gasteiger partial charge in [-0.05, 0) is 29.7 Å². The van der Waals surface area contributed by atoms with E-state index in [4.69, 9.17) is 5.11 Å². The quantitative estimate of drug-likeness (QED) is 0.707. The highest BCUT2D eigenvalue weighted by atomic mass is 16.4. The summed E-state index contributed by atoms with van der Waals surface area (Å²) in [6.45, 7) is 6.50. The summed E-state index contributed by atoms with van der Waals surface area (Å²) in [4.78, 5) is 10.6. The summed E-state index contributed by atoms with van der Waals surface area (Å²) >= 11 is 0. The van der Waals surface area contributed by atoms with Crippen LogP contribution in [0.25, 0.3) is 0 Å². The molecule has 90 valence electrons. The van der Waals surface area contributed by atoms with Gasteiger partial charge in [-0.15, -0.1) is 0 Å². The van der Waals surface area contributed by atoms with E-state index in [2.05, 4.69) is 20.8 Å². The third-order valence-electron chi connectivity index (χ3n) is 5.13. The monoisotopic (exact) mass is 224 g/mol. The number of aliphatic hydroxyl groups is 1. The van der Waals surface area contributed by atoms with Gasteiger partial charge in [0.2, 0.25) is 0 Å². The van der Waals surface area contributed by atoms with Crippen LogP contribution in [-0.4, -0.2) is 22.3 Å². The van der Waals surface area contributed by atoms with Gasteiger partial charge in [0.15, 0.2) is 0 Å². The molecular formula is C13H20O3. The molecule has 2 N–H and O–H groups in total. The Morgan fingerprint density at radius 1 is 1.50 bits per heavy atom. The van der Waals surface area contributed by atoms with Crippen LogP contribution in [0.5, 0.6) is 0 Å². The second kappa shape index (κ2) is 3.33. The lowest BCUT2D eigenvalue weighted by atomic mass is 9.70. The molecule has 2 aliphatic rings. The zero-order valence-electron chi connectivity index (χ0n) is 10.2. The van der Waals surface area contributed by atoms with Gasteiger partial charge < -0.3 is 10.2 Å². The molecule has 0 aromatic carbocycles. The van der Waals surface area contributed by atoms with Gasteiger partial charge >= 0.3 is 5.97 Å². The van der Waals surface area contributed by atoms with Crippen LogP contribution in [-0.2, 0) is 4.79 Å². The van der Waals surface area contributed by atoms with Crippen LogP contribution >= 0.6 is 0 Å². The lowest BCUT2D eigenvalue weighted by molar-refractivity contribution is -0.136. The first-order chi connectivity index (χ1) is 7.30. The molecule has 2 aliphatic carbocycles. The van der Waals surface area contributed by atoms with Crippen LogP contribution in [0.4, 0.5) is 0 Å². The minimum Gasteiger partial charge on any atom is -0.481 e. The topological polar surface area (TPSA) is 57.5 Å². The maximum Gasteiger partial charge on any atom is 0.307 e. The first kappa shape index (κ1) is 11.6. The number of hydrogen-bond donors (Lipinski definition) is 2. The van der Waals surface area contributed by atoms with Crippen LogP contribution in [0.3, 0.4) is 0 Å². The summed E-state index contributed by atoms with van der Waals surface area (Å²) in [5.74, 6) is -0.475. The Kier molecular flexibility index (Phi) is 2.42. The van der Waals surface area contributed by atoms with Gasteiger partial charge in [-0.1, -0.05) is 26.8 Å². The molecule has 0 amide bonds. The normalized spacial score (nSPS) is 42.9. The zero-order chi connectivity index (χ0) is 12.1. The van der Waals surface area contributed by atoms with Crippen molar-refractivity contribution in [1.29, 1.82) is 0 Å². The Morgan fingerprint density at radius 2 is 2.12 bits per heavy atom. The fraction of sp³-hybridized carbons (Fsp3) is 0.769. The first-order valence-corrected chi connectivity index (χ1v) is 5.90. The van der Waals surface area contributed by atoms with Gasteiger partial charge in [0.25, 0.3) is 0 Å². The number of carbonyl (C=O) groups is 1. The van der Waals surface area contributed by atoms with Crippen molar-refractivity contribution in [2.45, 2.75) is 46.1 Å². The van der Waals surface area contributed by atoms with E-state index in [1.807, 2.05) is 0 Å². The fourth-order valence-electron chi connectivity index (χ4n) is 3.62. The predicted octanol–water partition coefficient (Wildman–Crippen LogP) is 2.20. The molecule has 0 unspecified atom stereocenters. The van der Waals surface area contributed by atoms with Crippen LogP contribution in [0.2, 0.25) is 0 Å². The molecular weight excluding hydrogens is 204 g/mol. The Morgan fingerprint density at radius 3 is 2.56 bits per heavy atom. The molecule has 3 heteroatoms. The van der Waals surface area contributed by atoms with Crippen LogP contribution in [0, 0.1) is 16.7 Å². The molecule has 0 aromatic rings. The van der Waals surface area contributed by atoms with Gasteiger partial charge in [0.1, 0.15) is 0 Å². The molecule has 0 spiro atoms. The Labute approximate surface area is 96.2 Å². The van der Waals surface area contributed by atoms with E-state index in [1.54, 1.807) is 6.08 Å². The summed E-state index contributed by atoms with van der Waals surface area (Å²) in [5.41, 5.74) is 0.958. The van der Waals surface area contributed by atoms with Crippen molar-refractivity contribution >= 4 is 5.97 Å². The third kappa shape index (κ3) is 1.27. The molecule has 3 nitrogen and oxygen atoms in total. The SMILES string of the molecule is CC1(C)[C@@H]2CC[C@]1(C)[C@H](O)/C2=C\CC(=O)O. The standard InChI is InChI=1S/C13H20O3/c1-12(2)9-6-7-13(12,3)11(16)8(9)4-5-10(14)15/h4,9,11,16H,5-7H2,1-3H3,(H,14,15)/b8-4-/t9-,11-,13-/m1/s1. The first-order valence-electron chi connectivity index (χ1n) is 5.90. The van der Waals surface area contributed by atoms with E-state index in [1.165, 1.54) is 0 Å². The second-order valence-electron chi connectivity index (χ2n) is 5.93. The molecule has 2 fully saturated rings. The van der Waals surface area contributed by atoms with Crippen molar-refractivity contribution in [1.82, 2.24) is 0 Å². The summed E-state index contributed by atoms with van der Waals surface area (Å²) in [6.07, 6.45) is 3.40. The van der Waals surface area contributed by atoms with Gasteiger partial charge in [-0.3, -0.25) is 4.79 Å². The van der Waals surface area contributed by atoms with Crippen molar-refractivity contribution in [2.75, 3.05) is 0 Å². The van der Waals surface area contributed by atoms with Crippen molar-refractivity contribution in [3.05, 3.63) is 11.6 Å². The summed E-state index contributed by atoms with van der Waals surface area (Å²) < 4.78 is 0. The van der Waals surface area contributed by atoms with E-state index in [0.29, 0.717) is 5.92 Å². The number of aliphatic carboxylic acids is 1. The van der Waals surface area contributed by atoms with Crippen LogP contribution < -0.4 is 0 Å². The summed E-state index contributed by atoms with van der Waals surface area (Å²) in [5, 5.41) is 19.0. The number of carboxylic acid groups (broad SMARTS) is 1. The highest BCUT2D eigenvalue weighted by Crippen LogP contribution is 2.67. The van der Waals surface area contributed by atoms with E-state index >= 15 is 0 Å². The van der Waals surface area contributed by atoms with E-state index in [0.717, 1.165) is 18.4 Å². The molecule has 0 heterocycles. The average Bonchev–Trinajstić information content (AvgIpc) is 2.47. The van der Waals surface area contributed by atoms with Crippen molar-refractivity contribution in [2.24, 2.45) is 16.7 Å². The van der Waals surface area contributed by atoms with Crippen molar-refractivity contribution < 1.29 is 15.0 Å². The van der Waals surface area contributed by atoms with Crippen molar-refractivity contribution in [3.63, 3.8) is 0 Å². The number of rotatable bonds is 2. The Balaban J connectivity index is 2.33. The largest absolute Gasteiger partial charge is 0.481 e. The summed E-state index contributed by atoms with van der Waals surface area (Å²) in [6, 6.07) is 0. The van der Waals surface area contributed by atoms with E-state index < -0.39 is 12.1 Å². The molecule has 0 aromatic heterocycles. The number of fused-ring (bicyclic) bond motifs is 2. The second-order valence-corrected chi connectivity index (χ2v) is 5.93. The minimum absolute atomic E-state index is 0.0229. The molecule has 2 rings (SSSR count). The lowest BCUT2D eigenvalue weighted by Gasteiger charge is -2.36. The number of aliphatic hydroxyl groups excluding tert-OH is 1. The van der Waals surface area contributed by atoms with Crippen LogP contribution in [0.15, 0.2) is 11.6 Å². The van der Waals surface area contributed by atoms with Gasteiger partial charge in [0, 0.05) is 5.41 Å². The molecule has 0 radical (unpaired) electrons. The van der Waals surface area contributed by atoms with Gasteiger partial charge in [-0.2, -0.15) is 0 Å². The average molecular weight is 224 g/mol. The molecule has 0 saturated heterocycles. The highest BCUT2D eigenvalue weighted by molar-refractivity contribution is 5.69. The van der Waals surface area contributed by atoms with Gasteiger partial charge in [0.05, 0.1) is 12.5 Å². The van der Waals surface area contributed by atoms with Crippen LogP contribution in [0.1, 0.15) is 40.0 Å². The smallest absolute Gasteiger partial charge is 0.307 e. The predicted molar refractivity (Wildman–Crippen MR) is 61.0 cm³/mol. The third-order valence-corrected chi connectivity index (χ3v) is 5.13. The zero-order valence-corrected chi connectivity index (χ0v) is 10.2. The number of carboxylic acids is 1. The highest BCUT2D eigenvalue weighted by Gasteiger charge is 2.63. The molecule has 2 saturated carbocycles. The maximum atomic E-state index is 10.6. The molecule has 3 atom stereocenters. The summed E-state index contributed by atoms with van der Waals surface area (Å²) in [7, 11) is 0. The Bertz CT molecular complexity index is 356. The number of hydrogen-bond acceptors (Lipinski definition) is 2. The maximum absolute atomic E-state index is 10.6. The van der Waals surface area contributed by atoms with Crippen molar-refractivity contribution in [3.8, 4) is 0 Å². The molecule has 16 heavy (non-hydrogen) atoms. The molecule has 0 aliphatic heterocycles. The Hall–Kier alpha value is -0.830. The van der Waals surface area contributed by atoms with E-state index in [9.17, 15) is 9.90 Å².